The summed E-state index contributed by atoms with van der Waals surface area (Å²) in [5.41, 5.74) is 2.40. The molecule has 106 valence electrons. The van der Waals surface area contributed by atoms with Crippen LogP contribution in [0.5, 0.6) is 0 Å². The normalized spacial score (nSPS) is 15.0. The molecule has 0 bridgehead atoms. The second-order valence-electron chi connectivity index (χ2n) is 5.15. The largest absolute Gasteiger partial charge is 0.372 e. The highest BCUT2D eigenvalue weighted by molar-refractivity contribution is 5.41. The van der Waals surface area contributed by atoms with Crippen molar-refractivity contribution in [3.05, 3.63) is 59.3 Å². The van der Waals surface area contributed by atoms with Gasteiger partial charge in [0.05, 0.1) is 0 Å². The van der Waals surface area contributed by atoms with Crippen molar-refractivity contribution in [1.82, 2.24) is 4.90 Å². The molecule has 1 heterocycles. The molecule has 2 rings (SSSR count). The number of allylic oxidation sites excluding steroid dienone is 3. The molecule has 0 radical (unpaired) electrons. The van der Waals surface area contributed by atoms with Crippen LogP contribution >= 0.6 is 0 Å². The molecule has 3 heteroatoms. The Morgan fingerprint density at radius 2 is 1.71 bits per heavy atom. The first kappa shape index (κ1) is 14.9. The van der Waals surface area contributed by atoms with Crippen molar-refractivity contribution in [2.45, 2.75) is 25.7 Å². The molecule has 0 spiro atoms. The number of rotatable bonds is 4. The number of hydrogen-bond acceptors (Lipinski definition) is 3. The van der Waals surface area contributed by atoms with Crippen LogP contribution in [0.4, 0.5) is 0 Å². The lowest BCUT2D eigenvalue weighted by Gasteiger charge is -2.29. The minimum Gasteiger partial charge on any atom is -0.372 e. The Balaban J connectivity index is 2.20. The average molecular weight is 277 g/mol. The van der Waals surface area contributed by atoms with Gasteiger partial charge in [0.25, 0.3) is 0 Å². The van der Waals surface area contributed by atoms with E-state index >= 15 is 0 Å². The van der Waals surface area contributed by atoms with Gasteiger partial charge in [-0.2, -0.15) is 10.5 Å². The lowest BCUT2D eigenvalue weighted by Crippen LogP contribution is -2.28. The van der Waals surface area contributed by atoms with E-state index in [1.165, 1.54) is 24.8 Å². The lowest BCUT2D eigenvalue weighted by atomic mass is 10.1. The van der Waals surface area contributed by atoms with Crippen LogP contribution in [0, 0.1) is 22.7 Å². The summed E-state index contributed by atoms with van der Waals surface area (Å²) in [6.07, 6.45) is 8.25. The van der Waals surface area contributed by atoms with Gasteiger partial charge in [-0.15, -0.1) is 0 Å². The second kappa shape index (κ2) is 7.92. The molecule has 0 amide bonds. The molecular formula is C18H19N3. The Hall–Kier alpha value is -2.52. The number of likely N-dealkylation sites (tertiary alicyclic amines) is 1. The van der Waals surface area contributed by atoms with Crippen LogP contribution in [0.1, 0.15) is 24.8 Å². The highest BCUT2D eigenvalue weighted by Gasteiger charge is 2.12. The van der Waals surface area contributed by atoms with E-state index < -0.39 is 0 Å². The summed E-state index contributed by atoms with van der Waals surface area (Å²) in [4.78, 5) is 2.28. The van der Waals surface area contributed by atoms with E-state index in [1.807, 2.05) is 30.3 Å². The molecule has 0 N–H and O–H groups in total. The third-order valence-corrected chi connectivity index (χ3v) is 3.64. The van der Waals surface area contributed by atoms with Crippen molar-refractivity contribution in [1.29, 1.82) is 10.5 Å². The monoisotopic (exact) mass is 277 g/mol. The summed E-state index contributed by atoms with van der Waals surface area (Å²) >= 11 is 0. The first-order chi connectivity index (χ1) is 10.3. The topological polar surface area (TPSA) is 50.8 Å². The van der Waals surface area contributed by atoms with Crippen molar-refractivity contribution in [2.75, 3.05) is 13.1 Å². The first-order valence-electron chi connectivity index (χ1n) is 7.34. The van der Waals surface area contributed by atoms with Gasteiger partial charge in [-0.05, 0) is 37.3 Å². The van der Waals surface area contributed by atoms with Crippen LogP contribution in [0.3, 0.4) is 0 Å². The summed E-state index contributed by atoms with van der Waals surface area (Å²) in [5.74, 6) is 0. The van der Waals surface area contributed by atoms with Crippen LogP contribution in [0.2, 0.25) is 0 Å². The molecule has 21 heavy (non-hydrogen) atoms. The van der Waals surface area contributed by atoms with Gasteiger partial charge in [0.2, 0.25) is 0 Å². The summed E-state index contributed by atoms with van der Waals surface area (Å²) < 4.78 is 0. The number of benzene rings is 1. The van der Waals surface area contributed by atoms with Gasteiger partial charge in [-0.3, -0.25) is 0 Å². The highest BCUT2D eigenvalue weighted by atomic mass is 15.1. The molecule has 3 nitrogen and oxygen atoms in total. The van der Waals surface area contributed by atoms with Crippen molar-refractivity contribution >= 4 is 0 Å². The van der Waals surface area contributed by atoms with E-state index in [2.05, 4.69) is 23.1 Å². The molecule has 1 fully saturated rings. The molecule has 0 atom stereocenters. The van der Waals surface area contributed by atoms with E-state index in [1.54, 1.807) is 6.08 Å². The zero-order valence-corrected chi connectivity index (χ0v) is 12.1. The zero-order chi connectivity index (χ0) is 14.9. The van der Waals surface area contributed by atoms with Crippen LogP contribution < -0.4 is 0 Å². The number of nitriles is 2. The van der Waals surface area contributed by atoms with Crippen LogP contribution in [-0.4, -0.2) is 18.0 Å². The van der Waals surface area contributed by atoms with Crippen molar-refractivity contribution in [3.8, 4) is 12.1 Å². The van der Waals surface area contributed by atoms with Crippen LogP contribution in [0.15, 0.2) is 53.8 Å². The summed E-state index contributed by atoms with van der Waals surface area (Å²) in [7, 11) is 0. The Labute approximate surface area is 126 Å². The van der Waals surface area contributed by atoms with Crippen molar-refractivity contribution in [2.24, 2.45) is 0 Å². The standard InChI is InChI=1S/C18H19N3/c19-14-17(15-20)13-18(21-11-5-2-6-12-21)10-9-16-7-3-1-4-8-16/h1,3-4,7-8,10,13H,2,5-6,9,11-12H2. The average Bonchev–Trinajstić information content (AvgIpc) is 2.57. The predicted octanol–water partition coefficient (Wildman–Crippen LogP) is 3.57. The molecule has 1 aliphatic heterocycles. The molecule has 1 aromatic carbocycles. The van der Waals surface area contributed by atoms with E-state index in [-0.39, 0.29) is 5.57 Å². The van der Waals surface area contributed by atoms with Crippen LogP contribution in [-0.2, 0) is 6.42 Å². The first-order valence-corrected chi connectivity index (χ1v) is 7.34. The van der Waals surface area contributed by atoms with Gasteiger partial charge in [-0.25, -0.2) is 0 Å². The van der Waals surface area contributed by atoms with E-state index in [9.17, 15) is 0 Å². The second-order valence-corrected chi connectivity index (χ2v) is 5.15. The van der Waals surface area contributed by atoms with Gasteiger partial charge in [0.15, 0.2) is 0 Å². The van der Waals surface area contributed by atoms with Crippen molar-refractivity contribution < 1.29 is 0 Å². The SMILES string of the molecule is N#CC(C#N)=CC(=CCc1ccccc1)N1CCCCC1. The van der Waals surface area contributed by atoms with Gasteiger partial charge >= 0.3 is 0 Å². The Kier molecular flexibility index (Phi) is 5.61. The third-order valence-electron chi connectivity index (χ3n) is 3.64. The van der Waals surface area contributed by atoms with Gasteiger partial charge in [0, 0.05) is 18.8 Å². The third kappa shape index (κ3) is 4.51. The minimum absolute atomic E-state index is 0.167. The summed E-state index contributed by atoms with van der Waals surface area (Å²) in [5, 5.41) is 17.9. The number of piperidine rings is 1. The van der Waals surface area contributed by atoms with Gasteiger partial charge in [0.1, 0.15) is 17.7 Å². The maximum Gasteiger partial charge on any atom is 0.131 e. The smallest absolute Gasteiger partial charge is 0.131 e. The predicted molar refractivity (Wildman–Crippen MR) is 83.0 cm³/mol. The maximum absolute atomic E-state index is 8.97. The molecule has 1 aromatic rings. The van der Waals surface area contributed by atoms with Gasteiger partial charge in [-0.1, -0.05) is 36.4 Å². The van der Waals surface area contributed by atoms with E-state index in [0.717, 1.165) is 25.2 Å². The summed E-state index contributed by atoms with van der Waals surface area (Å²) in [6.45, 7) is 2.00. The number of hydrogen-bond donors (Lipinski definition) is 0. The molecule has 0 unspecified atom stereocenters. The van der Waals surface area contributed by atoms with E-state index in [4.69, 9.17) is 10.5 Å². The number of nitrogens with zero attached hydrogens (tertiary/aromatic N) is 3. The fourth-order valence-corrected chi connectivity index (χ4v) is 2.51. The lowest BCUT2D eigenvalue weighted by molar-refractivity contribution is 0.292. The molecule has 0 aromatic heterocycles. The summed E-state index contributed by atoms with van der Waals surface area (Å²) in [6, 6.07) is 14.1. The van der Waals surface area contributed by atoms with Crippen molar-refractivity contribution in [3.63, 3.8) is 0 Å². The fourth-order valence-electron chi connectivity index (χ4n) is 2.51. The van der Waals surface area contributed by atoms with Gasteiger partial charge < -0.3 is 4.90 Å². The Bertz CT molecular complexity index is 578. The zero-order valence-electron chi connectivity index (χ0n) is 12.1. The molecular weight excluding hydrogens is 258 g/mol. The molecule has 0 aliphatic carbocycles. The Morgan fingerprint density at radius 3 is 2.33 bits per heavy atom. The van der Waals surface area contributed by atoms with E-state index in [0.29, 0.717) is 0 Å². The highest BCUT2D eigenvalue weighted by Crippen LogP contribution is 2.18. The fraction of sp³-hybridized carbons (Fsp3) is 0.333. The molecule has 1 aliphatic rings. The van der Waals surface area contributed by atoms with Crippen LogP contribution in [0.25, 0.3) is 0 Å². The quantitative estimate of drug-likeness (QED) is 0.624. The maximum atomic E-state index is 8.97. The molecule has 0 saturated carbocycles. The minimum atomic E-state index is 0.167. The molecule has 1 saturated heterocycles. The Morgan fingerprint density at radius 1 is 1.05 bits per heavy atom.